The van der Waals surface area contributed by atoms with Crippen LogP contribution in [0.5, 0.6) is 0 Å². The summed E-state index contributed by atoms with van der Waals surface area (Å²) < 4.78 is 0. The van der Waals surface area contributed by atoms with E-state index in [2.05, 4.69) is 26.6 Å². The monoisotopic (exact) mass is 274 g/mol. The summed E-state index contributed by atoms with van der Waals surface area (Å²) in [6.45, 7) is 2.19. The maximum atomic E-state index is 4.23. The first kappa shape index (κ1) is 14.2. The van der Waals surface area contributed by atoms with Crippen LogP contribution in [0, 0.1) is 0 Å². The fourth-order valence-corrected chi connectivity index (χ4v) is 2.28. The van der Waals surface area contributed by atoms with Crippen LogP contribution >= 0.6 is 24.8 Å². The summed E-state index contributed by atoms with van der Waals surface area (Å²) in [7, 11) is 0. The van der Waals surface area contributed by atoms with Crippen LogP contribution in [0.25, 0.3) is 11.0 Å². The highest BCUT2D eigenvalue weighted by atomic mass is 35.5. The Bertz CT molecular complexity index is 465. The maximum Gasteiger partial charge on any atom is 0.181 e. The predicted octanol–water partition coefficient (Wildman–Crippen LogP) is 2.27. The summed E-state index contributed by atoms with van der Waals surface area (Å²) in [4.78, 5) is 4.23. The number of hydrogen-bond acceptors (Lipinski definition) is 3. The highest BCUT2D eigenvalue weighted by molar-refractivity contribution is 5.85. The number of pyridine rings is 1. The van der Waals surface area contributed by atoms with Gasteiger partial charge in [-0.3, -0.25) is 5.10 Å². The standard InChI is InChI=1S/C11H14N4.2ClH/c1-3-8(7-12-5-1)10-9-4-2-6-13-11(9)15-14-10;;/h2,4,6,8,12H,1,3,5,7H2,(H,13,14,15);2*1H. The predicted molar refractivity (Wildman–Crippen MR) is 73.2 cm³/mol. The van der Waals surface area contributed by atoms with Crippen LogP contribution in [0.2, 0.25) is 0 Å². The Morgan fingerprint density at radius 2 is 2.18 bits per heavy atom. The van der Waals surface area contributed by atoms with Crippen molar-refractivity contribution in [3.63, 3.8) is 0 Å². The molecule has 0 radical (unpaired) electrons. The number of H-pyrrole nitrogens is 1. The number of hydrogen-bond donors (Lipinski definition) is 2. The molecule has 1 fully saturated rings. The van der Waals surface area contributed by atoms with Crippen molar-refractivity contribution in [2.24, 2.45) is 0 Å². The quantitative estimate of drug-likeness (QED) is 0.839. The summed E-state index contributed by atoms with van der Waals surface area (Å²) in [5.41, 5.74) is 2.07. The van der Waals surface area contributed by atoms with Crippen LogP contribution in [-0.2, 0) is 0 Å². The van der Waals surface area contributed by atoms with Gasteiger partial charge in [-0.05, 0) is 31.5 Å². The highest BCUT2D eigenvalue weighted by Gasteiger charge is 2.19. The molecule has 1 unspecified atom stereocenters. The van der Waals surface area contributed by atoms with E-state index in [1.54, 1.807) is 6.20 Å². The minimum absolute atomic E-state index is 0. The molecule has 2 N–H and O–H groups in total. The van der Waals surface area contributed by atoms with Crippen LogP contribution < -0.4 is 5.32 Å². The van der Waals surface area contributed by atoms with Crippen molar-refractivity contribution in [3.8, 4) is 0 Å². The Hall–Kier alpha value is -0.840. The SMILES string of the molecule is Cl.Cl.c1cnc2n[nH]c(C3CCCNC3)c2c1. The molecule has 4 nitrogen and oxygen atoms in total. The van der Waals surface area contributed by atoms with Gasteiger partial charge in [0, 0.05) is 29.7 Å². The smallest absolute Gasteiger partial charge is 0.181 e. The number of rotatable bonds is 1. The van der Waals surface area contributed by atoms with Crippen molar-refractivity contribution in [3.05, 3.63) is 24.0 Å². The number of nitrogens with zero attached hydrogens (tertiary/aromatic N) is 2. The van der Waals surface area contributed by atoms with E-state index in [4.69, 9.17) is 0 Å². The second-order valence-electron chi connectivity index (χ2n) is 4.06. The molecule has 0 saturated carbocycles. The van der Waals surface area contributed by atoms with Crippen molar-refractivity contribution >= 4 is 35.8 Å². The van der Waals surface area contributed by atoms with Gasteiger partial charge in [-0.1, -0.05) is 0 Å². The Morgan fingerprint density at radius 1 is 1.29 bits per heavy atom. The minimum Gasteiger partial charge on any atom is -0.316 e. The van der Waals surface area contributed by atoms with Crippen LogP contribution in [0.15, 0.2) is 18.3 Å². The first-order valence-electron chi connectivity index (χ1n) is 5.45. The third-order valence-corrected chi connectivity index (χ3v) is 3.06. The summed E-state index contributed by atoms with van der Waals surface area (Å²) >= 11 is 0. The van der Waals surface area contributed by atoms with E-state index in [0.717, 1.165) is 18.7 Å². The van der Waals surface area contributed by atoms with Crippen molar-refractivity contribution in [2.45, 2.75) is 18.8 Å². The largest absolute Gasteiger partial charge is 0.316 e. The first-order chi connectivity index (χ1) is 7.45. The molecule has 1 aliphatic heterocycles. The zero-order valence-electron chi connectivity index (χ0n) is 9.35. The third-order valence-electron chi connectivity index (χ3n) is 3.06. The van der Waals surface area contributed by atoms with E-state index in [9.17, 15) is 0 Å². The maximum absolute atomic E-state index is 4.23. The Morgan fingerprint density at radius 3 is 2.94 bits per heavy atom. The fourth-order valence-electron chi connectivity index (χ4n) is 2.28. The van der Waals surface area contributed by atoms with Gasteiger partial charge in [0.2, 0.25) is 0 Å². The van der Waals surface area contributed by atoms with Crippen LogP contribution in [0.1, 0.15) is 24.5 Å². The van der Waals surface area contributed by atoms with E-state index >= 15 is 0 Å². The normalized spacial score (nSPS) is 19.4. The summed E-state index contributed by atoms with van der Waals surface area (Å²) in [6, 6.07) is 4.06. The average molecular weight is 275 g/mol. The second kappa shape index (κ2) is 6.19. The Balaban J connectivity index is 0.000000722. The van der Waals surface area contributed by atoms with Gasteiger partial charge in [-0.2, -0.15) is 5.10 Å². The minimum atomic E-state index is 0. The van der Waals surface area contributed by atoms with Crippen molar-refractivity contribution < 1.29 is 0 Å². The number of halogens is 2. The van der Waals surface area contributed by atoms with Crippen molar-refractivity contribution in [1.29, 1.82) is 0 Å². The van der Waals surface area contributed by atoms with Crippen molar-refractivity contribution in [2.75, 3.05) is 13.1 Å². The average Bonchev–Trinajstić information content (AvgIpc) is 2.74. The lowest BCUT2D eigenvalue weighted by Crippen LogP contribution is -2.28. The zero-order valence-corrected chi connectivity index (χ0v) is 11.0. The van der Waals surface area contributed by atoms with E-state index in [1.807, 2.05) is 6.07 Å². The molecule has 0 aromatic carbocycles. The molecule has 2 aromatic heterocycles. The van der Waals surface area contributed by atoms with Gasteiger partial charge in [-0.15, -0.1) is 24.8 Å². The molecular formula is C11H16Cl2N4. The van der Waals surface area contributed by atoms with Gasteiger partial charge in [0.05, 0.1) is 0 Å². The molecule has 94 valence electrons. The number of aromatic nitrogens is 3. The van der Waals surface area contributed by atoms with Crippen LogP contribution in [-0.4, -0.2) is 28.3 Å². The molecule has 3 heterocycles. The Labute approximate surface area is 112 Å². The molecule has 0 amide bonds. The number of fused-ring (bicyclic) bond motifs is 1. The molecule has 2 aromatic rings. The lowest BCUT2D eigenvalue weighted by atomic mass is 9.94. The van der Waals surface area contributed by atoms with Gasteiger partial charge >= 0.3 is 0 Å². The first-order valence-corrected chi connectivity index (χ1v) is 5.45. The molecule has 0 aliphatic carbocycles. The number of aromatic amines is 1. The summed E-state index contributed by atoms with van der Waals surface area (Å²) in [6.07, 6.45) is 4.26. The lowest BCUT2D eigenvalue weighted by molar-refractivity contribution is 0.456. The lowest BCUT2D eigenvalue weighted by Gasteiger charge is -2.21. The Kier molecular flexibility index (Phi) is 5.18. The van der Waals surface area contributed by atoms with Crippen LogP contribution in [0.4, 0.5) is 0 Å². The zero-order chi connectivity index (χ0) is 10.1. The molecular weight excluding hydrogens is 259 g/mol. The van der Waals surface area contributed by atoms with Gasteiger partial charge in [-0.25, -0.2) is 4.98 Å². The van der Waals surface area contributed by atoms with Gasteiger partial charge in [0.1, 0.15) is 0 Å². The molecule has 1 aliphatic rings. The highest BCUT2D eigenvalue weighted by Crippen LogP contribution is 2.26. The molecule has 0 bridgehead atoms. The molecule has 17 heavy (non-hydrogen) atoms. The number of piperidine rings is 1. The van der Waals surface area contributed by atoms with E-state index in [-0.39, 0.29) is 24.8 Å². The number of nitrogens with one attached hydrogen (secondary N) is 2. The molecule has 3 rings (SSSR count). The second-order valence-corrected chi connectivity index (χ2v) is 4.06. The molecule has 1 saturated heterocycles. The van der Waals surface area contributed by atoms with Gasteiger partial charge in [0.15, 0.2) is 5.65 Å². The third kappa shape index (κ3) is 2.70. The molecule has 1 atom stereocenters. The molecule has 6 heteroatoms. The van der Waals surface area contributed by atoms with Crippen molar-refractivity contribution in [1.82, 2.24) is 20.5 Å². The molecule has 0 spiro atoms. The van der Waals surface area contributed by atoms with E-state index in [0.29, 0.717) is 5.92 Å². The van der Waals surface area contributed by atoms with Gasteiger partial charge < -0.3 is 5.32 Å². The van der Waals surface area contributed by atoms with E-state index < -0.39 is 0 Å². The topological polar surface area (TPSA) is 53.6 Å². The summed E-state index contributed by atoms with van der Waals surface area (Å²) in [5.74, 6) is 0.563. The van der Waals surface area contributed by atoms with E-state index in [1.165, 1.54) is 23.9 Å². The summed E-state index contributed by atoms with van der Waals surface area (Å²) in [5, 5.41) is 12.0. The van der Waals surface area contributed by atoms with Gasteiger partial charge in [0.25, 0.3) is 0 Å². The van der Waals surface area contributed by atoms with Crippen LogP contribution in [0.3, 0.4) is 0 Å². The fraction of sp³-hybridized carbons (Fsp3) is 0.455.